The molecule has 0 saturated heterocycles. The Morgan fingerprint density at radius 1 is 1.24 bits per heavy atom. The quantitative estimate of drug-likeness (QED) is 0.822. The third-order valence-corrected chi connectivity index (χ3v) is 2.64. The molecule has 0 aliphatic heterocycles. The number of aromatic nitrogens is 2. The maximum Gasteiger partial charge on any atom is 0.451 e. The molecule has 0 aliphatic carbocycles. The number of anilines is 1. The van der Waals surface area contributed by atoms with Crippen LogP contribution in [0.15, 0.2) is 6.07 Å². The highest BCUT2D eigenvalue weighted by Crippen LogP contribution is 2.29. The van der Waals surface area contributed by atoms with Crippen LogP contribution in [0.25, 0.3) is 0 Å². The first kappa shape index (κ1) is 17.5. The van der Waals surface area contributed by atoms with E-state index in [1.165, 1.54) is 6.07 Å². The Balaban J connectivity index is 2.95. The normalized spacial score (nSPS) is 13.3. The molecule has 0 fully saturated rings. The Bertz CT molecular complexity index is 450. The first-order chi connectivity index (χ1) is 9.72. The number of alkyl halides is 3. The first-order valence-corrected chi connectivity index (χ1v) is 7.09. The van der Waals surface area contributed by atoms with Crippen LogP contribution in [0, 0.1) is 5.92 Å². The Labute approximate surface area is 123 Å². The molecule has 0 spiro atoms. The molecule has 1 atom stereocenters. The highest BCUT2D eigenvalue weighted by atomic mass is 19.4. The zero-order valence-corrected chi connectivity index (χ0v) is 12.8. The van der Waals surface area contributed by atoms with Crippen LogP contribution in [0.5, 0.6) is 5.88 Å². The summed E-state index contributed by atoms with van der Waals surface area (Å²) in [7, 11) is 0. The van der Waals surface area contributed by atoms with Crippen molar-refractivity contribution >= 4 is 5.82 Å². The van der Waals surface area contributed by atoms with Crippen molar-refractivity contribution in [1.29, 1.82) is 0 Å². The molecule has 4 nitrogen and oxygen atoms in total. The molecule has 0 aromatic carbocycles. The summed E-state index contributed by atoms with van der Waals surface area (Å²) in [5.74, 6) is -0.716. The van der Waals surface area contributed by atoms with E-state index in [2.05, 4.69) is 15.3 Å². The standard InChI is InChI=1S/C14H22F3N3O/c1-5-6-18-11-8-12(21-10(4)7-9(2)3)20-13(19-11)14(15,16)17/h8-10H,5-7H2,1-4H3,(H,18,19,20). The van der Waals surface area contributed by atoms with Crippen molar-refractivity contribution in [3.8, 4) is 5.88 Å². The van der Waals surface area contributed by atoms with Gasteiger partial charge in [0.2, 0.25) is 11.7 Å². The first-order valence-electron chi connectivity index (χ1n) is 7.09. The largest absolute Gasteiger partial charge is 0.474 e. The van der Waals surface area contributed by atoms with Gasteiger partial charge in [0.05, 0.1) is 6.10 Å². The summed E-state index contributed by atoms with van der Waals surface area (Å²) in [6, 6.07) is 1.40. The monoisotopic (exact) mass is 305 g/mol. The number of ether oxygens (including phenoxy) is 1. The van der Waals surface area contributed by atoms with E-state index in [9.17, 15) is 13.2 Å². The van der Waals surface area contributed by atoms with E-state index in [0.29, 0.717) is 12.5 Å². The van der Waals surface area contributed by atoms with Crippen molar-refractivity contribution in [2.75, 3.05) is 11.9 Å². The minimum absolute atomic E-state index is 0.0518. The summed E-state index contributed by atoms with van der Waals surface area (Å²) in [4.78, 5) is 6.94. The molecule has 1 rings (SSSR count). The molecule has 0 saturated carbocycles. The average molecular weight is 305 g/mol. The second-order valence-corrected chi connectivity index (χ2v) is 5.40. The molecule has 0 aliphatic rings. The van der Waals surface area contributed by atoms with Gasteiger partial charge in [-0.1, -0.05) is 20.8 Å². The van der Waals surface area contributed by atoms with Gasteiger partial charge in [0.1, 0.15) is 5.82 Å². The number of nitrogens with one attached hydrogen (secondary N) is 1. The number of halogens is 3. The lowest BCUT2D eigenvalue weighted by molar-refractivity contribution is -0.145. The Hall–Kier alpha value is -1.53. The fourth-order valence-corrected chi connectivity index (χ4v) is 1.87. The van der Waals surface area contributed by atoms with Crippen molar-refractivity contribution in [2.24, 2.45) is 5.92 Å². The minimum Gasteiger partial charge on any atom is -0.474 e. The molecule has 0 radical (unpaired) electrons. The van der Waals surface area contributed by atoms with Crippen LogP contribution in [0.3, 0.4) is 0 Å². The summed E-state index contributed by atoms with van der Waals surface area (Å²) in [5, 5.41) is 2.83. The SMILES string of the molecule is CCCNc1cc(OC(C)CC(C)C)nc(C(F)(F)F)n1. The van der Waals surface area contributed by atoms with Gasteiger partial charge in [-0.15, -0.1) is 0 Å². The van der Waals surface area contributed by atoms with Gasteiger partial charge in [-0.05, 0) is 25.7 Å². The molecule has 21 heavy (non-hydrogen) atoms. The molecule has 1 aromatic heterocycles. The zero-order valence-electron chi connectivity index (χ0n) is 12.8. The highest BCUT2D eigenvalue weighted by Gasteiger charge is 2.35. The Kier molecular flexibility index (Phi) is 6.23. The van der Waals surface area contributed by atoms with E-state index in [1.807, 2.05) is 27.7 Å². The van der Waals surface area contributed by atoms with Crippen LogP contribution in [0.2, 0.25) is 0 Å². The summed E-state index contributed by atoms with van der Waals surface area (Å²) < 4.78 is 43.9. The van der Waals surface area contributed by atoms with E-state index in [1.54, 1.807) is 0 Å². The molecule has 0 bridgehead atoms. The predicted molar refractivity (Wildman–Crippen MR) is 75.4 cm³/mol. The lowest BCUT2D eigenvalue weighted by Gasteiger charge is -2.17. The molecule has 120 valence electrons. The van der Waals surface area contributed by atoms with Gasteiger partial charge in [-0.3, -0.25) is 0 Å². The third kappa shape index (κ3) is 6.18. The number of hydrogen-bond acceptors (Lipinski definition) is 4. The van der Waals surface area contributed by atoms with Crippen LogP contribution in [0.1, 0.15) is 46.4 Å². The summed E-state index contributed by atoms with van der Waals surface area (Å²) in [5.41, 5.74) is 0. The van der Waals surface area contributed by atoms with Crippen molar-refractivity contribution in [2.45, 2.75) is 52.8 Å². The van der Waals surface area contributed by atoms with Gasteiger partial charge in [0, 0.05) is 12.6 Å². The van der Waals surface area contributed by atoms with Crippen LogP contribution in [0.4, 0.5) is 19.0 Å². The van der Waals surface area contributed by atoms with Crippen molar-refractivity contribution < 1.29 is 17.9 Å². The highest BCUT2D eigenvalue weighted by molar-refractivity contribution is 5.38. The fourth-order valence-electron chi connectivity index (χ4n) is 1.87. The summed E-state index contributed by atoms with van der Waals surface area (Å²) in [6.07, 6.45) is -3.28. The molecule has 1 heterocycles. The van der Waals surface area contributed by atoms with Crippen LogP contribution >= 0.6 is 0 Å². The van der Waals surface area contributed by atoms with E-state index in [4.69, 9.17) is 4.74 Å². The summed E-state index contributed by atoms with van der Waals surface area (Å²) in [6.45, 7) is 8.31. The van der Waals surface area contributed by atoms with Gasteiger partial charge in [0.15, 0.2) is 0 Å². The predicted octanol–water partition coefficient (Wildman–Crippen LogP) is 4.13. The van der Waals surface area contributed by atoms with E-state index >= 15 is 0 Å². The summed E-state index contributed by atoms with van der Waals surface area (Å²) >= 11 is 0. The van der Waals surface area contributed by atoms with Crippen LogP contribution in [-0.4, -0.2) is 22.6 Å². The van der Waals surface area contributed by atoms with Crippen molar-refractivity contribution in [3.05, 3.63) is 11.9 Å². The smallest absolute Gasteiger partial charge is 0.451 e. The van der Waals surface area contributed by atoms with Crippen LogP contribution in [-0.2, 0) is 6.18 Å². The topological polar surface area (TPSA) is 47.0 Å². The van der Waals surface area contributed by atoms with Crippen LogP contribution < -0.4 is 10.1 Å². The van der Waals surface area contributed by atoms with Crippen molar-refractivity contribution in [3.63, 3.8) is 0 Å². The van der Waals surface area contributed by atoms with E-state index in [0.717, 1.165) is 12.8 Å². The lowest BCUT2D eigenvalue weighted by Crippen LogP contribution is -2.18. The maximum absolute atomic E-state index is 12.8. The van der Waals surface area contributed by atoms with Crippen molar-refractivity contribution in [1.82, 2.24) is 9.97 Å². The maximum atomic E-state index is 12.8. The molecule has 1 N–H and O–H groups in total. The van der Waals surface area contributed by atoms with Gasteiger partial charge in [0.25, 0.3) is 0 Å². The molecule has 1 aromatic rings. The molecular formula is C14H22F3N3O. The third-order valence-electron chi connectivity index (χ3n) is 2.64. The average Bonchev–Trinajstić information content (AvgIpc) is 2.33. The second kappa shape index (κ2) is 7.47. The molecular weight excluding hydrogens is 283 g/mol. The Morgan fingerprint density at radius 3 is 2.43 bits per heavy atom. The molecule has 1 unspecified atom stereocenters. The second-order valence-electron chi connectivity index (χ2n) is 5.40. The van der Waals surface area contributed by atoms with Gasteiger partial charge in [-0.25, -0.2) is 4.98 Å². The van der Waals surface area contributed by atoms with Gasteiger partial charge >= 0.3 is 6.18 Å². The molecule has 7 heteroatoms. The lowest BCUT2D eigenvalue weighted by atomic mass is 10.1. The number of hydrogen-bond donors (Lipinski definition) is 1. The molecule has 0 amide bonds. The van der Waals surface area contributed by atoms with E-state index in [-0.39, 0.29) is 17.8 Å². The van der Waals surface area contributed by atoms with E-state index < -0.39 is 12.0 Å². The van der Waals surface area contributed by atoms with Gasteiger partial charge in [-0.2, -0.15) is 18.2 Å². The van der Waals surface area contributed by atoms with Gasteiger partial charge < -0.3 is 10.1 Å². The minimum atomic E-state index is -4.59. The Morgan fingerprint density at radius 2 is 1.90 bits per heavy atom. The number of nitrogens with zero attached hydrogens (tertiary/aromatic N) is 2. The number of rotatable bonds is 7. The fraction of sp³-hybridized carbons (Fsp3) is 0.714. The zero-order chi connectivity index (χ0) is 16.0.